The van der Waals surface area contributed by atoms with E-state index in [1.807, 2.05) is 38.1 Å². The summed E-state index contributed by atoms with van der Waals surface area (Å²) in [6.45, 7) is 6.95. The van der Waals surface area contributed by atoms with Crippen molar-refractivity contribution in [3.05, 3.63) is 41.5 Å². The van der Waals surface area contributed by atoms with E-state index in [0.717, 1.165) is 17.9 Å². The Bertz CT molecular complexity index is 564. The van der Waals surface area contributed by atoms with E-state index in [-0.39, 0.29) is 5.54 Å². The van der Waals surface area contributed by atoms with Gasteiger partial charge in [0.1, 0.15) is 5.75 Å². The van der Waals surface area contributed by atoms with Crippen molar-refractivity contribution in [2.24, 2.45) is 0 Å². The minimum Gasteiger partial charge on any atom is -0.497 e. The average molecular weight is 275 g/mol. The van der Waals surface area contributed by atoms with Crippen molar-refractivity contribution in [1.29, 1.82) is 0 Å². The van der Waals surface area contributed by atoms with Crippen LogP contribution in [0, 0.1) is 0 Å². The van der Waals surface area contributed by atoms with Crippen LogP contribution in [0.1, 0.15) is 38.0 Å². The maximum absolute atomic E-state index is 5.36. The standard InChI is InChI=1S/C15H21N3O2/c1-5-16-15(2,3)14-17-13(18-20-14)10-11-7-6-8-12(9-11)19-4/h6-9,16H,5,10H2,1-4H3. The van der Waals surface area contributed by atoms with Gasteiger partial charge in [-0.15, -0.1) is 0 Å². The summed E-state index contributed by atoms with van der Waals surface area (Å²) in [6.07, 6.45) is 0.628. The zero-order chi connectivity index (χ0) is 14.6. The summed E-state index contributed by atoms with van der Waals surface area (Å²) in [7, 11) is 1.66. The molecular weight excluding hydrogens is 254 g/mol. The van der Waals surface area contributed by atoms with Gasteiger partial charge in [0.25, 0.3) is 0 Å². The van der Waals surface area contributed by atoms with Gasteiger partial charge >= 0.3 is 0 Å². The second-order valence-corrected chi connectivity index (χ2v) is 5.20. The van der Waals surface area contributed by atoms with Crippen LogP contribution in [-0.4, -0.2) is 23.8 Å². The van der Waals surface area contributed by atoms with Crippen LogP contribution < -0.4 is 10.1 Å². The first kappa shape index (κ1) is 14.5. The Balaban J connectivity index is 2.13. The molecule has 2 aromatic rings. The molecule has 0 atom stereocenters. The first-order valence-electron chi connectivity index (χ1n) is 6.76. The Hall–Kier alpha value is -1.88. The molecule has 0 radical (unpaired) electrons. The van der Waals surface area contributed by atoms with Crippen LogP contribution in [0.4, 0.5) is 0 Å². The molecule has 0 fully saturated rings. The zero-order valence-corrected chi connectivity index (χ0v) is 12.4. The van der Waals surface area contributed by atoms with E-state index in [1.165, 1.54) is 0 Å². The van der Waals surface area contributed by atoms with Gasteiger partial charge in [-0.1, -0.05) is 24.2 Å². The van der Waals surface area contributed by atoms with Crippen LogP contribution in [-0.2, 0) is 12.0 Å². The minimum absolute atomic E-state index is 0.311. The number of nitrogens with one attached hydrogen (secondary N) is 1. The van der Waals surface area contributed by atoms with Gasteiger partial charge in [-0.25, -0.2) is 0 Å². The van der Waals surface area contributed by atoms with E-state index in [2.05, 4.69) is 22.4 Å². The van der Waals surface area contributed by atoms with Crippen molar-refractivity contribution in [1.82, 2.24) is 15.5 Å². The molecule has 0 amide bonds. The number of ether oxygens (including phenoxy) is 1. The quantitative estimate of drug-likeness (QED) is 0.877. The fraction of sp³-hybridized carbons (Fsp3) is 0.467. The van der Waals surface area contributed by atoms with Gasteiger partial charge in [0.15, 0.2) is 5.82 Å². The number of nitrogens with zero attached hydrogens (tertiary/aromatic N) is 2. The third kappa shape index (κ3) is 3.36. The molecule has 0 unspecified atom stereocenters. The summed E-state index contributed by atoms with van der Waals surface area (Å²) in [5.74, 6) is 2.12. The Morgan fingerprint density at radius 1 is 1.35 bits per heavy atom. The SMILES string of the molecule is CCNC(C)(C)c1nc(Cc2cccc(OC)c2)no1. The molecule has 108 valence electrons. The highest BCUT2D eigenvalue weighted by Gasteiger charge is 2.26. The van der Waals surface area contributed by atoms with Gasteiger partial charge in [-0.05, 0) is 38.1 Å². The Morgan fingerprint density at radius 2 is 2.15 bits per heavy atom. The Labute approximate surface area is 119 Å². The summed E-state index contributed by atoms with van der Waals surface area (Å²) in [5, 5.41) is 7.37. The van der Waals surface area contributed by atoms with Gasteiger partial charge in [0.05, 0.1) is 12.6 Å². The second-order valence-electron chi connectivity index (χ2n) is 5.20. The highest BCUT2D eigenvalue weighted by atomic mass is 16.5. The molecule has 1 heterocycles. The van der Waals surface area contributed by atoms with Gasteiger partial charge in [0.2, 0.25) is 5.89 Å². The molecule has 0 aliphatic rings. The van der Waals surface area contributed by atoms with E-state index >= 15 is 0 Å². The summed E-state index contributed by atoms with van der Waals surface area (Å²) >= 11 is 0. The van der Waals surface area contributed by atoms with Crippen LogP contribution in [0.5, 0.6) is 5.75 Å². The van der Waals surface area contributed by atoms with Crippen molar-refractivity contribution in [3.8, 4) is 5.75 Å². The van der Waals surface area contributed by atoms with Crippen molar-refractivity contribution < 1.29 is 9.26 Å². The molecule has 0 saturated carbocycles. The van der Waals surface area contributed by atoms with E-state index in [1.54, 1.807) is 7.11 Å². The van der Waals surface area contributed by atoms with E-state index < -0.39 is 0 Å². The lowest BCUT2D eigenvalue weighted by molar-refractivity contribution is 0.271. The normalized spacial score (nSPS) is 11.6. The maximum Gasteiger partial charge on any atom is 0.246 e. The van der Waals surface area contributed by atoms with Crippen LogP contribution >= 0.6 is 0 Å². The molecule has 1 aromatic carbocycles. The number of hydrogen-bond acceptors (Lipinski definition) is 5. The topological polar surface area (TPSA) is 60.2 Å². The number of methoxy groups -OCH3 is 1. The number of hydrogen-bond donors (Lipinski definition) is 1. The Kier molecular flexibility index (Phi) is 4.39. The lowest BCUT2D eigenvalue weighted by Crippen LogP contribution is -2.36. The van der Waals surface area contributed by atoms with Crippen molar-refractivity contribution in [3.63, 3.8) is 0 Å². The molecule has 1 aromatic heterocycles. The van der Waals surface area contributed by atoms with E-state index in [4.69, 9.17) is 9.26 Å². The highest BCUT2D eigenvalue weighted by molar-refractivity contribution is 5.30. The first-order chi connectivity index (χ1) is 9.55. The van der Waals surface area contributed by atoms with Crippen LogP contribution in [0.25, 0.3) is 0 Å². The number of benzene rings is 1. The van der Waals surface area contributed by atoms with E-state index in [9.17, 15) is 0 Å². The second kappa shape index (κ2) is 6.05. The molecule has 5 heteroatoms. The van der Waals surface area contributed by atoms with Crippen LogP contribution in [0.3, 0.4) is 0 Å². The number of aromatic nitrogens is 2. The largest absolute Gasteiger partial charge is 0.497 e. The molecule has 2 rings (SSSR count). The van der Waals surface area contributed by atoms with Crippen molar-refractivity contribution in [2.45, 2.75) is 32.7 Å². The zero-order valence-electron chi connectivity index (χ0n) is 12.4. The highest BCUT2D eigenvalue weighted by Crippen LogP contribution is 2.19. The summed E-state index contributed by atoms with van der Waals surface area (Å²) < 4.78 is 10.6. The fourth-order valence-corrected chi connectivity index (χ4v) is 2.06. The van der Waals surface area contributed by atoms with Crippen LogP contribution in [0.15, 0.2) is 28.8 Å². The molecule has 0 aliphatic heterocycles. The summed E-state index contributed by atoms with van der Waals surface area (Å²) in [5.41, 5.74) is 0.784. The van der Waals surface area contributed by atoms with Crippen molar-refractivity contribution >= 4 is 0 Å². The molecule has 20 heavy (non-hydrogen) atoms. The maximum atomic E-state index is 5.36. The molecule has 1 N–H and O–H groups in total. The minimum atomic E-state index is -0.311. The van der Waals surface area contributed by atoms with Crippen molar-refractivity contribution in [2.75, 3.05) is 13.7 Å². The van der Waals surface area contributed by atoms with Gasteiger partial charge in [-0.3, -0.25) is 0 Å². The van der Waals surface area contributed by atoms with Gasteiger partial charge < -0.3 is 14.6 Å². The third-order valence-electron chi connectivity index (χ3n) is 3.12. The Morgan fingerprint density at radius 3 is 2.85 bits per heavy atom. The smallest absolute Gasteiger partial charge is 0.246 e. The molecule has 0 bridgehead atoms. The average Bonchev–Trinajstić information content (AvgIpc) is 2.88. The summed E-state index contributed by atoms with van der Waals surface area (Å²) in [6, 6.07) is 7.87. The van der Waals surface area contributed by atoms with E-state index in [0.29, 0.717) is 18.1 Å². The predicted molar refractivity (Wildman–Crippen MR) is 76.8 cm³/mol. The molecule has 0 aliphatic carbocycles. The lowest BCUT2D eigenvalue weighted by Gasteiger charge is -2.20. The molecule has 0 spiro atoms. The molecular formula is C15H21N3O2. The van der Waals surface area contributed by atoms with Gasteiger partial charge in [-0.2, -0.15) is 4.98 Å². The predicted octanol–water partition coefficient (Wildman–Crippen LogP) is 2.51. The monoisotopic (exact) mass is 275 g/mol. The lowest BCUT2D eigenvalue weighted by atomic mass is 10.1. The summed E-state index contributed by atoms with van der Waals surface area (Å²) in [4.78, 5) is 4.47. The fourth-order valence-electron chi connectivity index (χ4n) is 2.06. The molecule has 0 saturated heterocycles. The number of rotatable bonds is 6. The molecule has 5 nitrogen and oxygen atoms in total. The third-order valence-corrected chi connectivity index (χ3v) is 3.12. The van der Waals surface area contributed by atoms with Crippen LogP contribution in [0.2, 0.25) is 0 Å². The van der Waals surface area contributed by atoms with Gasteiger partial charge in [0, 0.05) is 6.42 Å². The first-order valence-corrected chi connectivity index (χ1v) is 6.76.